The topological polar surface area (TPSA) is 102 Å². The van der Waals surface area contributed by atoms with Gasteiger partial charge in [0.15, 0.2) is 5.69 Å². The first kappa shape index (κ1) is 26.7. The highest BCUT2D eigenvalue weighted by atomic mass is 32.1. The highest BCUT2D eigenvalue weighted by Crippen LogP contribution is 2.30. The summed E-state index contributed by atoms with van der Waals surface area (Å²) in [5, 5.41) is 9.96. The van der Waals surface area contributed by atoms with Crippen LogP contribution in [0.4, 0.5) is 0 Å². The number of carbonyl (C=O) groups is 2. The molecule has 0 aliphatic heterocycles. The lowest BCUT2D eigenvalue weighted by atomic mass is 10.1. The zero-order valence-electron chi connectivity index (χ0n) is 20.9. The fraction of sp³-hybridized carbons (Fsp3) is 0.333. The van der Waals surface area contributed by atoms with Gasteiger partial charge in [-0.1, -0.05) is 30.3 Å². The molecule has 0 fully saturated rings. The molecule has 0 bridgehead atoms. The van der Waals surface area contributed by atoms with Crippen molar-refractivity contribution >= 4 is 23.2 Å². The van der Waals surface area contributed by atoms with Crippen LogP contribution in [0.1, 0.15) is 55.2 Å². The van der Waals surface area contributed by atoms with E-state index in [2.05, 4.69) is 4.98 Å². The van der Waals surface area contributed by atoms with Crippen LogP contribution in [-0.4, -0.2) is 49.1 Å². The van der Waals surface area contributed by atoms with Gasteiger partial charge in [0.1, 0.15) is 27.5 Å². The largest absolute Gasteiger partial charge is 0.496 e. The molecule has 0 radical (unpaired) electrons. The number of aryl methyl sites for hydroxylation is 1. The summed E-state index contributed by atoms with van der Waals surface area (Å²) in [6, 6.07) is 15.4. The molecule has 0 aliphatic carbocycles. The molecule has 36 heavy (non-hydrogen) atoms. The van der Waals surface area contributed by atoms with Crippen molar-refractivity contribution in [2.75, 3.05) is 27.4 Å². The Balaban J connectivity index is 1.90. The van der Waals surface area contributed by atoms with Gasteiger partial charge in [-0.05, 0) is 44.4 Å². The molecule has 3 rings (SSSR count). The summed E-state index contributed by atoms with van der Waals surface area (Å²) in [4.78, 5) is 32.1. The molecular formula is C27H29N3O5S. The Hall–Kier alpha value is -3.90. The average Bonchev–Trinajstić information content (AvgIpc) is 3.31. The van der Waals surface area contributed by atoms with Gasteiger partial charge in [0.25, 0.3) is 5.91 Å². The average molecular weight is 508 g/mol. The third-order valence-corrected chi connectivity index (χ3v) is 6.54. The zero-order chi connectivity index (χ0) is 26.1. The Morgan fingerprint density at radius 3 is 2.36 bits per heavy atom. The Kier molecular flexibility index (Phi) is 9.42. The second-order valence-corrected chi connectivity index (χ2v) is 9.02. The highest BCUT2D eigenvalue weighted by Gasteiger charge is 2.24. The van der Waals surface area contributed by atoms with E-state index in [1.54, 1.807) is 38.2 Å². The molecule has 1 heterocycles. The molecule has 0 unspecified atom stereocenters. The van der Waals surface area contributed by atoms with Crippen LogP contribution in [0.3, 0.4) is 0 Å². The quantitative estimate of drug-likeness (QED) is 0.344. The van der Waals surface area contributed by atoms with Gasteiger partial charge in [0.05, 0.1) is 27.4 Å². The maximum absolute atomic E-state index is 13.7. The molecule has 3 aromatic rings. The van der Waals surface area contributed by atoms with E-state index in [4.69, 9.17) is 14.2 Å². The third kappa shape index (κ3) is 6.40. The molecule has 8 nitrogen and oxygen atoms in total. The van der Waals surface area contributed by atoms with Crippen molar-refractivity contribution in [3.8, 4) is 17.6 Å². The van der Waals surface area contributed by atoms with E-state index < -0.39 is 5.97 Å². The second kappa shape index (κ2) is 12.7. The lowest BCUT2D eigenvalue weighted by molar-refractivity contribution is 0.0519. The van der Waals surface area contributed by atoms with E-state index in [-0.39, 0.29) is 29.6 Å². The maximum Gasteiger partial charge on any atom is 0.359 e. The first-order valence-corrected chi connectivity index (χ1v) is 12.4. The number of ether oxygens (including phenoxy) is 3. The number of rotatable bonds is 11. The van der Waals surface area contributed by atoms with Gasteiger partial charge in [0.2, 0.25) is 0 Å². The molecule has 1 amide bonds. The molecule has 9 heteroatoms. The van der Waals surface area contributed by atoms with Crippen LogP contribution >= 0.6 is 11.3 Å². The molecule has 1 aromatic heterocycles. The summed E-state index contributed by atoms with van der Waals surface area (Å²) >= 11 is 1.09. The standard InChI is InChI=1S/C27H29N3O5S/c1-5-35-27(32)25-23(16-28)36-24(29-25)17-30(13-9-12-19-10-7-6-8-11-19)26(31)20-14-21(33-3)18(2)22(15-20)34-4/h6-8,10-11,14-15H,5,9,12-13,17H2,1-4H3. The molecule has 0 atom stereocenters. The first-order chi connectivity index (χ1) is 17.4. The lowest BCUT2D eigenvalue weighted by Crippen LogP contribution is -2.32. The minimum Gasteiger partial charge on any atom is -0.496 e. The summed E-state index contributed by atoms with van der Waals surface area (Å²) in [6.45, 7) is 4.32. The molecule has 0 aliphatic rings. The zero-order valence-corrected chi connectivity index (χ0v) is 21.7. The van der Waals surface area contributed by atoms with Crippen molar-refractivity contribution in [2.45, 2.75) is 33.2 Å². The molecular weight excluding hydrogens is 478 g/mol. The number of nitrogens with zero attached hydrogens (tertiary/aromatic N) is 3. The van der Waals surface area contributed by atoms with Crippen molar-refractivity contribution in [2.24, 2.45) is 0 Å². The van der Waals surface area contributed by atoms with Crippen molar-refractivity contribution in [3.05, 3.63) is 74.7 Å². The molecule has 0 saturated carbocycles. The number of thiazole rings is 1. The van der Waals surface area contributed by atoms with Crippen LogP contribution in [0, 0.1) is 18.3 Å². The summed E-state index contributed by atoms with van der Waals surface area (Å²) in [7, 11) is 3.09. The highest BCUT2D eigenvalue weighted by molar-refractivity contribution is 7.12. The van der Waals surface area contributed by atoms with Crippen molar-refractivity contribution in [1.29, 1.82) is 5.26 Å². The number of amides is 1. The Labute approximate surface area is 215 Å². The predicted octanol–water partition coefficient (Wildman–Crippen LogP) is 4.79. The van der Waals surface area contributed by atoms with Gasteiger partial charge in [-0.2, -0.15) is 5.26 Å². The van der Waals surface area contributed by atoms with E-state index in [9.17, 15) is 14.9 Å². The van der Waals surface area contributed by atoms with Crippen LogP contribution in [0.25, 0.3) is 0 Å². The summed E-state index contributed by atoms with van der Waals surface area (Å²) in [5.74, 6) is 0.220. The molecule has 188 valence electrons. The number of nitriles is 1. The smallest absolute Gasteiger partial charge is 0.359 e. The monoisotopic (exact) mass is 507 g/mol. The van der Waals surface area contributed by atoms with Crippen LogP contribution in [0.5, 0.6) is 11.5 Å². The second-order valence-electron chi connectivity index (χ2n) is 7.94. The number of benzene rings is 2. The normalized spacial score (nSPS) is 10.4. The number of carbonyl (C=O) groups excluding carboxylic acids is 2. The minimum absolute atomic E-state index is 0.0188. The molecule has 0 saturated heterocycles. The van der Waals surface area contributed by atoms with Gasteiger partial charge < -0.3 is 19.1 Å². The number of aromatic nitrogens is 1. The van der Waals surface area contributed by atoms with Crippen molar-refractivity contribution < 1.29 is 23.8 Å². The van der Waals surface area contributed by atoms with Crippen LogP contribution in [0.2, 0.25) is 0 Å². The number of hydrogen-bond donors (Lipinski definition) is 0. The summed E-state index contributed by atoms with van der Waals surface area (Å²) in [6.07, 6.45) is 1.51. The third-order valence-electron chi connectivity index (χ3n) is 5.59. The fourth-order valence-electron chi connectivity index (χ4n) is 3.77. The summed E-state index contributed by atoms with van der Waals surface area (Å²) < 4.78 is 15.9. The Morgan fingerprint density at radius 1 is 1.11 bits per heavy atom. The SMILES string of the molecule is CCOC(=O)c1nc(CN(CCCc2ccccc2)C(=O)c2cc(OC)c(C)c(OC)c2)sc1C#N. The van der Waals surface area contributed by atoms with Gasteiger partial charge in [-0.25, -0.2) is 9.78 Å². The van der Waals surface area contributed by atoms with Gasteiger partial charge >= 0.3 is 5.97 Å². The van der Waals surface area contributed by atoms with Gasteiger partial charge in [-0.15, -0.1) is 11.3 Å². The van der Waals surface area contributed by atoms with Crippen molar-refractivity contribution in [3.63, 3.8) is 0 Å². The van der Waals surface area contributed by atoms with E-state index in [0.29, 0.717) is 28.6 Å². The fourth-order valence-corrected chi connectivity index (χ4v) is 4.64. The van der Waals surface area contributed by atoms with Crippen molar-refractivity contribution in [1.82, 2.24) is 9.88 Å². The predicted molar refractivity (Wildman–Crippen MR) is 137 cm³/mol. The van der Waals surface area contributed by atoms with Gasteiger partial charge in [0, 0.05) is 17.7 Å². The Bertz CT molecular complexity index is 1230. The van der Waals surface area contributed by atoms with E-state index in [0.717, 1.165) is 29.7 Å². The minimum atomic E-state index is -0.647. The molecule has 0 spiro atoms. The Morgan fingerprint density at radius 2 is 1.78 bits per heavy atom. The van der Waals surface area contributed by atoms with Crippen LogP contribution in [-0.2, 0) is 17.7 Å². The van der Waals surface area contributed by atoms with E-state index >= 15 is 0 Å². The number of esters is 1. The summed E-state index contributed by atoms with van der Waals surface area (Å²) in [5.41, 5.74) is 2.37. The lowest BCUT2D eigenvalue weighted by Gasteiger charge is -2.23. The number of hydrogen-bond acceptors (Lipinski definition) is 8. The maximum atomic E-state index is 13.7. The first-order valence-electron chi connectivity index (χ1n) is 11.5. The van der Waals surface area contributed by atoms with Crippen LogP contribution in [0.15, 0.2) is 42.5 Å². The molecule has 2 aromatic carbocycles. The molecule has 0 N–H and O–H groups in total. The van der Waals surface area contributed by atoms with Crippen LogP contribution < -0.4 is 9.47 Å². The van der Waals surface area contributed by atoms with E-state index in [1.807, 2.05) is 43.3 Å². The van der Waals surface area contributed by atoms with E-state index in [1.165, 1.54) is 5.56 Å². The van der Waals surface area contributed by atoms with Gasteiger partial charge in [-0.3, -0.25) is 4.79 Å². The number of methoxy groups -OCH3 is 2.